The lowest BCUT2D eigenvalue weighted by Gasteiger charge is -2.19. The van der Waals surface area contributed by atoms with Crippen LogP contribution < -0.4 is 4.74 Å². The molecule has 1 aromatic carbocycles. The fourth-order valence-electron chi connectivity index (χ4n) is 2.43. The molecule has 0 saturated carbocycles. The first-order chi connectivity index (χ1) is 15.2. The summed E-state index contributed by atoms with van der Waals surface area (Å²) in [6.07, 6.45) is -9.07. The molecular weight excluding hydrogens is 492 g/mol. The van der Waals surface area contributed by atoms with Gasteiger partial charge in [-0.05, 0) is 30.3 Å². The largest absolute Gasteiger partial charge is 0.485 e. The fraction of sp³-hybridized carbons (Fsp3) is 0.235. The SMILES string of the molecule is O=[SH](=O)c1cc(-n2cnc(C(F)(F)F)n2)ccc1-c1ccc(OCC(F)(F)C(F)(F)F)cn1. The first-order valence-electron chi connectivity index (χ1n) is 8.50. The lowest BCUT2D eigenvalue weighted by atomic mass is 10.1. The van der Waals surface area contributed by atoms with Crippen LogP contribution in [0.1, 0.15) is 5.82 Å². The van der Waals surface area contributed by atoms with Gasteiger partial charge in [-0.3, -0.25) is 4.98 Å². The van der Waals surface area contributed by atoms with Crippen molar-refractivity contribution < 1.29 is 48.3 Å². The standard InChI is InChI=1S/C17H10F8N4O3S/c18-15(19,17(23,24)25)7-32-10-2-4-12(26-6-10)11-3-1-9(5-13(11)33(30)31)29-8-27-14(28-29)16(20,21)22/h1-6,8,33H,7H2. The van der Waals surface area contributed by atoms with Crippen molar-refractivity contribution >= 4 is 10.7 Å². The van der Waals surface area contributed by atoms with Crippen LogP contribution in [0.2, 0.25) is 0 Å². The molecule has 0 N–H and O–H groups in total. The number of aromatic nitrogens is 4. The van der Waals surface area contributed by atoms with Crippen LogP contribution in [0.5, 0.6) is 5.75 Å². The minimum atomic E-state index is -5.80. The highest BCUT2D eigenvalue weighted by Gasteiger charge is 2.58. The van der Waals surface area contributed by atoms with Gasteiger partial charge in [0.1, 0.15) is 12.1 Å². The Morgan fingerprint density at radius 3 is 2.15 bits per heavy atom. The van der Waals surface area contributed by atoms with E-state index < -0.39 is 47.2 Å². The highest BCUT2D eigenvalue weighted by molar-refractivity contribution is 7.72. The van der Waals surface area contributed by atoms with Crippen LogP contribution in [0, 0.1) is 0 Å². The molecule has 0 saturated heterocycles. The van der Waals surface area contributed by atoms with Crippen LogP contribution in [0.3, 0.4) is 0 Å². The highest BCUT2D eigenvalue weighted by Crippen LogP contribution is 2.36. The van der Waals surface area contributed by atoms with Gasteiger partial charge in [0.15, 0.2) is 17.3 Å². The molecule has 0 radical (unpaired) electrons. The van der Waals surface area contributed by atoms with E-state index >= 15 is 0 Å². The molecule has 16 heteroatoms. The summed E-state index contributed by atoms with van der Waals surface area (Å²) in [5.41, 5.74) is -0.108. The number of hydrogen-bond donors (Lipinski definition) is 1. The second-order valence-electron chi connectivity index (χ2n) is 6.34. The zero-order chi connectivity index (χ0) is 24.6. The van der Waals surface area contributed by atoms with Crippen LogP contribution in [0.15, 0.2) is 47.8 Å². The molecule has 0 unspecified atom stereocenters. The molecule has 0 amide bonds. The molecule has 3 rings (SSSR count). The van der Waals surface area contributed by atoms with Crippen LogP contribution in [0.25, 0.3) is 16.9 Å². The maximum Gasteiger partial charge on any atom is 0.456 e. The maximum atomic E-state index is 12.9. The van der Waals surface area contributed by atoms with Crippen molar-refractivity contribution in [3.05, 3.63) is 48.7 Å². The van der Waals surface area contributed by atoms with Crippen molar-refractivity contribution in [1.29, 1.82) is 0 Å². The lowest BCUT2D eigenvalue weighted by molar-refractivity contribution is -0.290. The van der Waals surface area contributed by atoms with E-state index in [9.17, 15) is 43.5 Å². The number of pyridine rings is 1. The number of nitrogens with zero attached hydrogens (tertiary/aromatic N) is 4. The van der Waals surface area contributed by atoms with Crippen LogP contribution in [-0.4, -0.2) is 46.9 Å². The smallest absolute Gasteiger partial charge is 0.456 e. The third-order valence-corrected chi connectivity index (χ3v) is 4.80. The molecule has 33 heavy (non-hydrogen) atoms. The number of ether oxygens (including phenoxy) is 1. The summed E-state index contributed by atoms with van der Waals surface area (Å²) in [6, 6.07) is 5.53. The van der Waals surface area contributed by atoms with E-state index in [1.54, 1.807) is 0 Å². The summed E-state index contributed by atoms with van der Waals surface area (Å²) in [5.74, 6) is -6.97. The van der Waals surface area contributed by atoms with Crippen molar-refractivity contribution in [1.82, 2.24) is 19.7 Å². The van der Waals surface area contributed by atoms with E-state index in [0.717, 1.165) is 30.7 Å². The van der Waals surface area contributed by atoms with E-state index in [1.165, 1.54) is 12.1 Å². The van der Waals surface area contributed by atoms with Crippen molar-refractivity contribution in [3.63, 3.8) is 0 Å². The Morgan fingerprint density at radius 1 is 0.939 bits per heavy atom. The number of thiol groups is 1. The fourth-order valence-corrected chi connectivity index (χ4v) is 3.05. The molecule has 0 bridgehead atoms. The summed E-state index contributed by atoms with van der Waals surface area (Å²) < 4.78 is 129. The molecule has 0 atom stereocenters. The van der Waals surface area contributed by atoms with Gasteiger partial charge in [-0.15, -0.1) is 5.10 Å². The van der Waals surface area contributed by atoms with E-state index in [4.69, 9.17) is 0 Å². The number of rotatable bonds is 6. The predicted octanol–water partition coefficient (Wildman–Crippen LogP) is 3.89. The monoisotopic (exact) mass is 502 g/mol. The minimum Gasteiger partial charge on any atom is -0.485 e. The molecule has 0 fully saturated rings. The second kappa shape index (κ2) is 8.57. The van der Waals surface area contributed by atoms with Crippen molar-refractivity contribution in [3.8, 4) is 22.7 Å². The predicted molar refractivity (Wildman–Crippen MR) is 94.7 cm³/mol. The molecule has 178 valence electrons. The van der Waals surface area contributed by atoms with Crippen LogP contribution in [-0.2, 0) is 16.9 Å². The van der Waals surface area contributed by atoms with E-state index in [2.05, 4.69) is 19.8 Å². The number of halogens is 8. The van der Waals surface area contributed by atoms with Gasteiger partial charge in [0.05, 0.1) is 22.5 Å². The van der Waals surface area contributed by atoms with Gasteiger partial charge in [-0.1, -0.05) is 0 Å². The third kappa shape index (κ3) is 5.37. The Kier molecular flexibility index (Phi) is 6.32. The third-order valence-electron chi connectivity index (χ3n) is 4.04. The van der Waals surface area contributed by atoms with Crippen LogP contribution >= 0.6 is 0 Å². The molecule has 0 spiro atoms. The Balaban J connectivity index is 1.87. The zero-order valence-corrected chi connectivity index (χ0v) is 16.6. The van der Waals surface area contributed by atoms with Gasteiger partial charge in [0.2, 0.25) is 0 Å². The van der Waals surface area contributed by atoms with Crippen molar-refractivity contribution in [2.75, 3.05) is 6.61 Å². The Labute approximate surface area is 180 Å². The van der Waals surface area contributed by atoms with Crippen molar-refractivity contribution in [2.45, 2.75) is 23.2 Å². The molecular formula is C17H10F8N4O3S. The Hall–Kier alpha value is -3.30. The normalized spacial score (nSPS) is 12.9. The molecule has 0 aliphatic heterocycles. The average molecular weight is 502 g/mol. The summed E-state index contributed by atoms with van der Waals surface area (Å²) in [4.78, 5) is 6.53. The minimum absolute atomic E-state index is 0.0156. The lowest BCUT2D eigenvalue weighted by Crippen LogP contribution is -2.41. The molecule has 2 heterocycles. The van der Waals surface area contributed by atoms with E-state index in [0.29, 0.717) is 4.68 Å². The van der Waals surface area contributed by atoms with E-state index in [1.807, 2.05) is 0 Å². The zero-order valence-electron chi connectivity index (χ0n) is 15.7. The van der Waals surface area contributed by atoms with Crippen molar-refractivity contribution in [2.24, 2.45) is 0 Å². The molecule has 2 aromatic heterocycles. The first kappa shape index (κ1) is 24.3. The number of alkyl halides is 8. The Bertz CT molecular complexity index is 1210. The Morgan fingerprint density at radius 2 is 1.64 bits per heavy atom. The number of benzene rings is 1. The first-order valence-corrected chi connectivity index (χ1v) is 9.68. The van der Waals surface area contributed by atoms with E-state index in [-0.39, 0.29) is 21.8 Å². The summed E-state index contributed by atoms with van der Waals surface area (Å²) in [6.45, 7) is -1.98. The molecule has 0 aliphatic carbocycles. The van der Waals surface area contributed by atoms with Gasteiger partial charge >= 0.3 is 18.3 Å². The highest BCUT2D eigenvalue weighted by atomic mass is 32.2. The summed E-state index contributed by atoms with van der Waals surface area (Å²) >= 11 is 0. The van der Waals surface area contributed by atoms with Gasteiger partial charge < -0.3 is 4.74 Å². The topological polar surface area (TPSA) is 87.0 Å². The van der Waals surface area contributed by atoms with Gasteiger partial charge in [0, 0.05) is 5.56 Å². The molecule has 3 aromatic rings. The van der Waals surface area contributed by atoms with Gasteiger partial charge in [0.25, 0.3) is 5.82 Å². The molecule has 0 aliphatic rings. The second-order valence-corrected chi connectivity index (χ2v) is 7.34. The van der Waals surface area contributed by atoms with Gasteiger partial charge in [-0.2, -0.15) is 35.1 Å². The number of hydrogen-bond acceptors (Lipinski definition) is 6. The average Bonchev–Trinajstić information content (AvgIpc) is 3.22. The quantitative estimate of drug-likeness (QED) is 0.407. The van der Waals surface area contributed by atoms with Crippen LogP contribution in [0.4, 0.5) is 35.1 Å². The maximum absolute atomic E-state index is 12.9. The summed E-state index contributed by atoms with van der Waals surface area (Å²) in [5, 5.41) is 3.23. The summed E-state index contributed by atoms with van der Waals surface area (Å²) in [7, 11) is -3.28. The molecule has 7 nitrogen and oxygen atoms in total. The van der Waals surface area contributed by atoms with Gasteiger partial charge in [-0.25, -0.2) is 18.1 Å².